The van der Waals surface area contributed by atoms with Gasteiger partial charge < -0.3 is 15.5 Å². The van der Waals surface area contributed by atoms with Crippen LogP contribution in [0, 0.1) is 0 Å². The number of nitrogen functional groups attached to an aromatic ring is 1. The molecule has 3 aromatic heterocycles. The zero-order chi connectivity index (χ0) is 17.6. The Bertz CT molecular complexity index is 1170. The summed E-state index contributed by atoms with van der Waals surface area (Å²) in [5.41, 5.74) is 8.57. The molecule has 0 aliphatic rings. The SMILES string of the molecule is Cn1c(=O)oc2ccc(CNC(=O)c3ncnc4c(N)n[nH]c34)cc21. The molecule has 10 heteroatoms. The Kier molecular flexibility index (Phi) is 3.24. The maximum atomic E-state index is 12.4. The topological polar surface area (TPSA) is 145 Å². The predicted octanol–water partition coefficient (Wildman–Crippen LogP) is 0.310. The van der Waals surface area contributed by atoms with E-state index in [-0.39, 0.29) is 18.1 Å². The molecule has 4 aromatic rings. The standard InChI is InChI=1S/C15H13N7O3/c1-22-8-4-7(2-3-9(8)25-15(22)24)5-17-14(23)12-10-11(18-6-19-12)13(16)21-20-10/h2-4,6H,5H2,1H3,(H,17,23)(H3,16,20,21). The molecule has 0 fully saturated rings. The van der Waals surface area contributed by atoms with Gasteiger partial charge in [-0.15, -0.1) is 0 Å². The molecule has 0 unspecified atom stereocenters. The predicted molar refractivity (Wildman–Crippen MR) is 88.7 cm³/mol. The highest BCUT2D eigenvalue weighted by atomic mass is 16.4. The molecule has 1 amide bonds. The summed E-state index contributed by atoms with van der Waals surface area (Å²) in [7, 11) is 1.62. The van der Waals surface area contributed by atoms with Gasteiger partial charge in [-0.1, -0.05) is 6.07 Å². The van der Waals surface area contributed by atoms with Crippen LogP contribution in [0.3, 0.4) is 0 Å². The number of rotatable bonds is 3. The molecule has 0 radical (unpaired) electrons. The molecular weight excluding hydrogens is 326 g/mol. The van der Waals surface area contributed by atoms with E-state index in [1.807, 2.05) is 0 Å². The molecule has 0 bridgehead atoms. The summed E-state index contributed by atoms with van der Waals surface area (Å²) in [4.78, 5) is 31.9. The zero-order valence-electron chi connectivity index (χ0n) is 13.1. The number of oxazole rings is 1. The van der Waals surface area contributed by atoms with Crippen LogP contribution in [-0.2, 0) is 13.6 Å². The summed E-state index contributed by atoms with van der Waals surface area (Å²) in [5.74, 6) is -0.619. The normalized spacial score (nSPS) is 11.2. The second-order valence-electron chi connectivity index (χ2n) is 5.47. The minimum atomic E-state index is -0.434. The Morgan fingerprint density at radius 3 is 3.08 bits per heavy atom. The molecule has 0 aliphatic carbocycles. The molecular formula is C15H13N7O3. The van der Waals surface area contributed by atoms with Gasteiger partial charge in [-0.25, -0.2) is 14.8 Å². The number of nitrogens with two attached hydrogens (primary N) is 1. The fourth-order valence-electron chi connectivity index (χ4n) is 2.58. The van der Waals surface area contributed by atoms with Gasteiger partial charge in [0.05, 0.1) is 5.52 Å². The molecule has 10 nitrogen and oxygen atoms in total. The van der Waals surface area contributed by atoms with Gasteiger partial charge in [-0.3, -0.25) is 14.5 Å². The number of hydrogen-bond donors (Lipinski definition) is 3. The number of amides is 1. The summed E-state index contributed by atoms with van der Waals surface area (Å²) in [6.45, 7) is 0.253. The Morgan fingerprint density at radius 1 is 1.40 bits per heavy atom. The van der Waals surface area contributed by atoms with Crippen molar-refractivity contribution in [2.24, 2.45) is 7.05 Å². The second kappa shape index (κ2) is 5.44. The second-order valence-corrected chi connectivity index (χ2v) is 5.47. The van der Waals surface area contributed by atoms with Gasteiger partial charge in [0.15, 0.2) is 17.1 Å². The van der Waals surface area contributed by atoms with Crippen molar-refractivity contribution in [2.75, 3.05) is 5.73 Å². The van der Waals surface area contributed by atoms with E-state index in [0.29, 0.717) is 22.1 Å². The van der Waals surface area contributed by atoms with Crippen LogP contribution in [0.4, 0.5) is 5.82 Å². The minimum Gasteiger partial charge on any atom is -0.408 e. The van der Waals surface area contributed by atoms with Crippen LogP contribution >= 0.6 is 0 Å². The van der Waals surface area contributed by atoms with E-state index in [1.165, 1.54) is 10.9 Å². The van der Waals surface area contributed by atoms with E-state index >= 15 is 0 Å². The van der Waals surface area contributed by atoms with Crippen molar-refractivity contribution in [3.8, 4) is 0 Å². The quantitative estimate of drug-likeness (QED) is 0.487. The molecule has 0 saturated carbocycles. The lowest BCUT2D eigenvalue weighted by Gasteiger charge is -2.05. The van der Waals surface area contributed by atoms with Gasteiger partial charge >= 0.3 is 5.76 Å². The first-order valence-corrected chi connectivity index (χ1v) is 7.36. The van der Waals surface area contributed by atoms with E-state index in [1.54, 1.807) is 25.2 Å². The van der Waals surface area contributed by atoms with Crippen LogP contribution in [0.2, 0.25) is 0 Å². The van der Waals surface area contributed by atoms with Crippen LogP contribution < -0.4 is 16.8 Å². The molecule has 0 aliphatic heterocycles. The Balaban J connectivity index is 1.59. The van der Waals surface area contributed by atoms with Crippen molar-refractivity contribution in [2.45, 2.75) is 6.54 Å². The monoisotopic (exact) mass is 339 g/mol. The number of fused-ring (bicyclic) bond motifs is 2. The Labute approximate surface area is 139 Å². The minimum absolute atomic E-state index is 0.158. The van der Waals surface area contributed by atoms with Gasteiger partial charge in [0.25, 0.3) is 5.91 Å². The summed E-state index contributed by atoms with van der Waals surface area (Å²) < 4.78 is 6.48. The summed E-state index contributed by atoms with van der Waals surface area (Å²) in [5, 5.41) is 9.26. The number of carbonyl (C=O) groups excluding carboxylic acids is 1. The van der Waals surface area contributed by atoms with Crippen molar-refractivity contribution in [1.82, 2.24) is 30.0 Å². The average molecular weight is 339 g/mol. The highest BCUT2D eigenvalue weighted by molar-refractivity contribution is 6.04. The zero-order valence-corrected chi connectivity index (χ0v) is 13.1. The van der Waals surface area contributed by atoms with E-state index in [9.17, 15) is 9.59 Å². The van der Waals surface area contributed by atoms with Crippen molar-refractivity contribution in [1.29, 1.82) is 0 Å². The fraction of sp³-hybridized carbons (Fsp3) is 0.133. The van der Waals surface area contributed by atoms with E-state index in [4.69, 9.17) is 10.2 Å². The van der Waals surface area contributed by atoms with Crippen molar-refractivity contribution < 1.29 is 9.21 Å². The van der Waals surface area contributed by atoms with Gasteiger partial charge in [-0.05, 0) is 17.7 Å². The number of nitrogens with zero attached hydrogens (tertiary/aromatic N) is 4. The number of hydrogen-bond acceptors (Lipinski definition) is 7. The number of H-pyrrole nitrogens is 1. The maximum absolute atomic E-state index is 12.4. The van der Waals surface area contributed by atoms with Gasteiger partial charge in [0.2, 0.25) is 0 Å². The summed E-state index contributed by atoms with van der Waals surface area (Å²) in [6.07, 6.45) is 1.26. The third-order valence-electron chi connectivity index (χ3n) is 3.90. The van der Waals surface area contributed by atoms with Gasteiger partial charge in [0, 0.05) is 13.6 Å². The van der Waals surface area contributed by atoms with Crippen molar-refractivity contribution in [3.05, 3.63) is 46.3 Å². The number of aromatic nitrogens is 5. The van der Waals surface area contributed by atoms with Crippen LogP contribution in [0.15, 0.2) is 33.7 Å². The lowest BCUT2D eigenvalue weighted by atomic mass is 10.2. The third kappa shape index (κ3) is 2.40. The number of benzene rings is 1. The number of carbonyl (C=O) groups is 1. The molecule has 25 heavy (non-hydrogen) atoms. The molecule has 0 spiro atoms. The largest absolute Gasteiger partial charge is 0.419 e. The Hall–Kier alpha value is -3.69. The number of aromatic amines is 1. The summed E-state index contributed by atoms with van der Waals surface area (Å²) >= 11 is 0. The average Bonchev–Trinajstić information content (AvgIpc) is 3.13. The molecule has 1 aromatic carbocycles. The Morgan fingerprint density at radius 2 is 2.24 bits per heavy atom. The fourth-order valence-corrected chi connectivity index (χ4v) is 2.58. The molecule has 4 rings (SSSR count). The first-order valence-electron chi connectivity index (χ1n) is 7.36. The van der Waals surface area contributed by atoms with Crippen LogP contribution in [0.1, 0.15) is 16.1 Å². The lowest BCUT2D eigenvalue weighted by Crippen LogP contribution is -2.24. The van der Waals surface area contributed by atoms with Crippen molar-refractivity contribution in [3.63, 3.8) is 0 Å². The van der Waals surface area contributed by atoms with Crippen LogP contribution in [-0.4, -0.2) is 30.6 Å². The number of nitrogens with one attached hydrogen (secondary N) is 2. The molecule has 0 saturated heterocycles. The number of aryl methyl sites for hydroxylation is 1. The molecule has 126 valence electrons. The first-order chi connectivity index (χ1) is 12.0. The van der Waals surface area contributed by atoms with E-state index in [0.717, 1.165) is 5.56 Å². The lowest BCUT2D eigenvalue weighted by molar-refractivity contribution is 0.0947. The summed E-state index contributed by atoms with van der Waals surface area (Å²) in [6, 6.07) is 5.25. The highest BCUT2D eigenvalue weighted by Crippen LogP contribution is 2.17. The highest BCUT2D eigenvalue weighted by Gasteiger charge is 2.16. The molecule has 0 atom stereocenters. The first kappa shape index (κ1) is 14.9. The smallest absolute Gasteiger partial charge is 0.408 e. The number of anilines is 1. The van der Waals surface area contributed by atoms with Crippen molar-refractivity contribution >= 4 is 33.9 Å². The van der Waals surface area contributed by atoms with Crippen LogP contribution in [0.5, 0.6) is 0 Å². The van der Waals surface area contributed by atoms with E-state index < -0.39 is 11.7 Å². The van der Waals surface area contributed by atoms with Crippen LogP contribution in [0.25, 0.3) is 22.1 Å². The molecule has 3 heterocycles. The van der Waals surface area contributed by atoms with Gasteiger partial charge in [0.1, 0.15) is 17.4 Å². The van der Waals surface area contributed by atoms with Gasteiger partial charge in [-0.2, -0.15) is 5.10 Å². The maximum Gasteiger partial charge on any atom is 0.419 e. The van der Waals surface area contributed by atoms with E-state index in [2.05, 4.69) is 25.5 Å². The third-order valence-corrected chi connectivity index (χ3v) is 3.90. The molecule has 4 N–H and O–H groups in total.